The van der Waals surface area contributed by atoms with Crippen LogP contribution in [0.4, 0.5) is 28.4 Å². The molecule has 13 rings (SSSR count). The lowest BCUT2D eigenvalue weighted by atomic mass is 9.42. The molecule has 0 saturated heterocycles. The lowest BCUT2D eigenvalue weighted by molar-refractivity contribution is 0.332. The molecule has 0 amide bonds. The van der Waals surface area contributed by atoms with Crippen LogP contribution >= 0.6 is 0 Å². The van der Waals surface area contributed by atoms with E-state index in [-0.39, 0.29) is 33.9 Å². The summed E-state index contributed by atoms with van der Waals surface area (Å²) in [6.45, 7) is 29.4. The second kappa shape index (κ2) is 15.2. The Morgan fingerprint density at radius 2 is 0.847 bits per heavy atom. The summed E-state index contributed by atoms with van der Waals surface area (Å²) in [6, 6.07) is 59.3. The monoisotopic (exact) mass is 937 g/mol. The molecular formula is C69H69BN2. The number of hydrogen-bond donors (Lipinski definition) is 0. The Kier molecular flexibility index (Phi) is 9.59. The van der Waals surface area contributed by atoms with Gasteiger partial charge in [0.25, 0.3) is 0 Å². The topological polar surface area (TPSA) is 6.48 Å². The number of nitrogens with zero attached hydrogens (tertiary/aromatic N) is 2. The SMILES string of the molecule is Cc1cc2c(cc1N1B3c4ccc(-c5ccccc5)cc4N(c4cc5c(cc4C)C(C)(C)CCC5(C)C)c4cc5c(c(c43)-c3cc(-c4ccccc4)ccc31)-c1ccccc1C5(C)C)C(C)(C)CCC2(C)C. The van der Waals surface area contributed by atoms with Crippen LogP contribution < -0.4 is 20.6 Å². The van der Waals surface area contributed by atoms with Gasteiger partial charge in [-0.25, -0.2) is 0 Å². The van der Waals surface area contributed by atoms with Crippen LogP contribution in [0.5, 0.6) is 0 Å². The summed E-state index contributed by atoms with van der Waals surface area (Å²) in [7, 11) is 0. The average molecular weight is 937 g/mol. The predicted molar refractivity (Wildman–Crippen MR) is 309 cm³/mol. The number of aryl methyl sites for hydroxylation is 2. The number of hydrogen-bond acceptors (Lipinski definition) is 2. The van der Waals surface area contributed by atoms with E-state index in [0.29, 0.717) is 0 Å². The fraction of sp³-hybridized carbons (Fsp3) is 0.304. The van der Waals surface area contributed by atoms with Crippen LogP contribution in [-0.4, -0.2) is 6.85 Å². The lowest BCUT2D eigenvalue weighted by Gasteiger charge is -2.49. The summed E-state index contributed by atoms with van der Waals surface area (Å²) in [5, 5.41) is 0. The highest BCUT2D eigenvalue weighted by atomic mass is 15.2. The molecule has 2 aliphatic heterocycles. The smallest absolute Gasteiger partial charge is 0.333 e. The molecule has 2 nitrogen and oxygen atoms in total. The van der Waals surface area contributed by atoms with E-state index in [1.807, 2.05) is 0 Å². The molecule has 2 heterocycles. The molecule has 3 aliphatic carbocycles. The quantitative estimate of drug-likeness (QED) is 0.162. The minimum Gasteiger partial charge on any atom is -0.376 e. The van der Waals surface area contributed by atoms with Gasteiger partial charge < -0.3 is 9.71 Å². The highest BCUT2D eigenvalue weighted by Gasteiger charge is 2.51. The van der Waals surface area contributed by atoms with E-state index in [2.05, 4.69) is 244 Å². The van der Waals surface area contributed by atoms with Crippen molar-refractivity contribution in [3.63, 3.8) is 0 Å². The molecule has 0 bridgehead atoms. The number of anilines is 5. The Balaban J connectivity index is 1.20. The van der Waals surface area contributed by atoms with E-state index < -0.39 is 0 Å². The van der Waals surface area contributed by atoms with Crippen LogP contribution in [0.3, 0.4) is 0 Å². The summed E-state index contributed by atoms with van der Waals surface area (Å²) in [5.41, 5.74) is 31.0. The first kappa shape index (κ1) is 45.3. The van der Waals surface area contributed by atoms with Crippen LogP contribution in [0.15, 0.2) is 152 Å². The van der Waals surface area contributed by atoms with Gasteiger partial charge in [-0.1, -0.05) is 184 Å². The summed E-state index contributed by atoms with van der Waals surface area (Å²) >= 11 is 0. The van der Waals surface area contributed by atoms with Gasteiger partial charge in [0, 0.05) is 39.4 Å². The Labute approximate surface area is 430 Å². The maximum Gasteiger partial charge on any atom is 0.333 e. The molecule has 0 fully saturated rings. The van der Waals surface area contributed by atoms with E-state index in [0.717, 1.165) is 6.42 Å². The standard InChI is InChI=1S/C69H69BN2/c1-42-35-51-53(67(7,8)33-31-65(51,3)4)39-58(42)71-60-38-47(45-23-17-14-18-24-45)27-29-56(60)70-64-61(71)41-55-62(48-25-19-20-26-50(48)69(55,11)12)63(64)49-37-46(44-21-15-13-16-22-44)28-30-57(49)72(70)59-40-54-52(36-43(59)2)66(5,6)32-34-68(54,9)10/h13-30,35-41H,31-34H2,1-12H3. The number of fused-ring (bicyclic) bond motifs is 10. The second-order valence-corrected chi connectivity index (χ2v) is 25.5. The Hall–Kier alpha value is -6.58. The van der Waals surface area contributed by atoms with Gasteiger partial charge in [-0.3, -0.25) is 0 Å². The molecule has 0 atom stereocenters. The first-order valence-electron chi connectivity index (χ1n) is 26.9. The van der Waals surface area contributed by atoms with Crippen LogP contribution in [0, 0.1) is 13.8 Å². The summed E-state index contributed by atoms with van der Waals surface area (Å²) in [4.78, 5) is 5.53. The van der Waals surface area contributed by atoms with Crippen molar-refractivity contribution in [3.05, 3.63) is 196 Å². The normalized spacial score (nSPS) is 18.5. The third-order valence-corrected chi connectivity index (χ3v) is 18.8. The first-order valence-corrected chi connectivity index (χ1v) is 26.9. The van der Waals surface area contributed by atoms with Crippen LogP contribution in [0.2, 0.25) is 0 Å². The molecule has 8 aromatic rings. The zero-order chi connectivity index (χ0) is 50.0. The van der Waals surface area contributed by atoms with Gasteiger partial charge in [0.05, 0.1) is 0 Å². The zero-order valence-corrected chi connectivity index (χ0v) is 44.7. The van der Waals surface area contributed by atoms with Crippen molar-refractivity contribution in [2.75, 3.05) is 9.71 Å². The van der Waals surface area contributed by atoms with Gasteiger partial charge in [0.2, 0.25) is 0 Å². The molecule has 0 unspecified atom stereocenters. The van der Waals surface area contributed by atoms with Crippen molar-refractivity contribution < 1.29 is 0 Å². The summed E-state index contributed by atoms with van der Waals surface area (Å²) < 4.78 is 0. The molecule has 0 N–H and O–H groups in total. The first-order chi connectivity index (χ1) is 34.3. The average Bonchev–Trinajstić information content (AvgIpc) is 3.59. The van der Waals surface area contributed by atoms with Crippen LogP contribution in [0.25, 0.3) is 44.5 Å². The van der Waals surface area contributed by atoms with E-state index in [1.54, 1.807) is 0 Å². The number of benzene rings is 8. The number of rotatable bonds is 4. The third kappa shape index (κ3) is 6.41. The van der Waals surface area contributed by atoms with Crippen molar-refractivity contribution in [1.82, 2.24) is 0 Å². The Morgan fingerprint density at radius 1 is 0.361 bits per heavy atom. The lowest BCUT2D eigenvalue weighted by Crippen LogP contribution is -2.62. The molecule has 0 radical (unpaired) electrons. The minimum absolute atomic E-state index is 0.0389. The van der Waals surface area contributed by atoms with Crippen molar-refractivity contribution in [2.24, 2.45) is 0 Å². The highest BCUT2D eigenvalue weighted by molar-refractivity contribution is 6.94. The highest BCUT2D eigenvalue weighted by Crippen LogP contribution is 2.60. The van der Waals surface area contributed by atoms with Gasteiger partial charge in [0.1, 0.15) is 0 Å². The van der Waals surface area contributed by atoms with Gasteiger partial charge in [0.15, 0.2) is 0 Å². The molecular weight excluding hydrogens is 868 g/mol. The molecule has 0 saturated carbocycles. The maximum absolute atomic E-state index is 2.80. The zero-order valence-electron chi connectivity index (χ0n) is 44.7. The van der Waals surface area contributed by atoms with E-state index in [1.165, 1.54) is 148 Å². The van der Waals surface area contributed by atoms with Gasteiger partial charge >= 0.3 is 6.85 Å². The maximum atomic E-state index is 2.80. The van der Waals surface area contributed by atoms with Crippen molar-refractivity contribution in [3.8, 4) is 44.5 Å². The van der Waals surface area contributed by atoms with Crippen molar-refractivity contribution in [2.45, 2.75) is 136 Å². The van der Waals surface area contributed by atoms with E-state index in [4.69, 9.17) is 0 Å². The second-order valence-electron chi connectivity index (χ2n) is 25.5. The summed E-state index contributed by atoms with van der Waals surface area (Å²) in [5.74, 6) is 0. The molecule has 0 aromatic heterocycles. The van der Waals surface area contributed by atoms with E-state index in [9.17, 15) is 0 Å². The summed E-state index contributed by atoms with van der Waals surface area (Å²) in [6.07, 6.45) is 4.70. The molecule has 3 heteroatoms. The fourth-order valence-electron chi connectivity index (χ4n) is 14.3. The van der Waals surface area contributed by atoms with Gasteiger partial charge in [-0.2, -0.15) is 0 Å². The van der Waals surface area contributed by atoms with Crippen LogP contribution in [-0.2, 0) is 27.1 Å². The largest absolute Gasteiger partial charge is 0.376 e. The molecule has 0 spiro atoms. The van der Waals surface area contributed by atoms with Crippen LogP contribution in [0.1, 0.15) is 139 Å². The van der Waals surface area contributed by atoms with E-state index >= 15 is 0 Å². The van der Waals surface area contributed by atoms with Crippen molar-refractivity contribution >= 4 is 46.2 Å². The molecule has 5 aliphatic rings. The van der Waals surface area contributed by atoms with Gasteiger partial charge in [-0.05, 0) is 192 Å². The molecule has 8 aromatic carbocycles. The van der Waals surface area contributed by atoms with Gasteiger partial charge in [-0.15, -0.1) is 0 Å². The Bertz CT molecular complexity index is 3590. The minimum atomic E-state index is -0.233. The third-order valence-electron chi connectivity index (χ3n) is 18.8. The molecule has 358 valence electrons. The fourth-order valence-corrected chi connectivity index (χ4v) is 14.3. The van der Waals surface area contributed by atoms with Crippen molar-refractivity contribution in [1.29, 1.82) is 0 Å². The Morgan fingerprint density at radius 3 is 1.44 bits per heavy atom. The predicted octanol–water partition coefficient (Wildman–Crippen LogP) is 17.3. The molecule has 72 heavy (non-hydrogen) atoms.